The van der Waals surface area contributed by atoms with Gasteiger partial charge >= 0.3 is 5.97 Å². The number of amides is 1. The summed E-state index contributed by atoms with van der Waals surface area (Å²) in [4.78, 5) is 24.9. The van der Waals surface area contributed by atoms with Crippen LogP contribution in [0.4, 0.5) is 0 Å². The number of carboxylic acid groups (broad SMARTS) is 1. The summed E-state index contributed by atoms with van der Waals surface area (Å²) >= 11 is 12.0. The van der Waals surface area contributed by atoms with E-state index in [-0.39, 0.29) is 11.9 Å². The van der Waals surface area contributed by atoms with E-state index in [1.165, 1.54) is 11.8 Å². The number of halogens is 2. The molecule has 0 fully saturated rings. The number of rotatable bonds is 5. The highest BCUT2D eigenvalue weighted by molar-refractivity contribution is 6.35. The van der Waals surface area contributed by atoms with Crippen molar-refractivity contribution in [3.8, 4) is 0 Å². The summed E-state index contributed by atoms with van der Waals surface area (Å²) in [6.07, 6.45) is 0. The highest BCUT2D eigenvalue weighted by Gasteiger charge is 2.30. The zero-order valence-corrected chi connectivity index (χ0v) is 13.9. The van der Waals surface area contributed by atoms with Crippen molar-refractivity contribution in [3.63, 3.8) is 0 Å². The summed E-state index contributed by atoms with van der Waals surface area (Å²) < 4.78 is 0. The van der Waals surface area contributed by atoms with E-state index in [0.29, 0.717) is 10.0 Å². The molecule has 21 heavy (non-hydrogen) atoms. The molecular formula is C15H19Cl2NO3. The number of benzene rings is 1. The normalized spacial score (nSPS) is 15.1. The monoisotopic (exact) mass is 331 g/mol. The highest BCUT2D eigenvalue weighted by atomic mass is 35.5. The van der Waals surface area contributed by atoms with Gasteiger partial charge in [-0.1, -0.05) is 43.1 Å². The van der Waals surface area contributed by atoms with Crippen LogP contribution in [0.25, 0.3) is 0 Å². The van der Waals surface area contributed by atoms with Gasteiger partial charge in [0.15, 0.2) is 0 Å². The number of aliphatic carboxylic acids is 1. The Hall–Kier alpha value is -1.26. The molecule has 0 bridgehead atoms. The molecule has 0 heterocycles. The Bertz CT molecular complexity index is 548. The third-order valence-corrected chi connectivity index (χ3v) is 4.43. The molecule has 1 rings (SSSR count). The smallest absolute Gasteiger partial charge is 0.307 e. The van der Waals surface area contributed by atoms with Gasteiger partial charge in [0, 0.05) is 23.0 Å². The molecule has 0 saturated carbocycles. The molecule has 3 unspecified atom stereocenters. The number of carbonyl (C=O) groups excluding carboxylic acids is 1. The molecule has 1 aromatic carbocycles. The van der Waals surface area contributed by atoms with E-state index in [4.69, 9.17) is 28.3 Å². The van der Waals surface area contributed by atoms with Crippen molar-refractivity contribution in [2.75, 3.05) is 7.05 Å². The molecule has 1 amide bonds. The molecule has 1 N–H and O–H groups in total. The van der Waals surface area contributed by atoms with Crippen molar-refractivity contribution in [1.29, 1.82) is 0 Å². The summed E-state index contributed by atoms with van der Waals surface area (Å²) in [7, 11) is 1.64. The largest absolute Gasteiger partial charge is 0.481 e. The highest BCUT2D eigenvalue weighted by Crippen LogP contribution is 2.30. The quantitative estimate of drug-likeness (QED) is 0.890. The van der Waals surface area contributed by atoms with Gasteiger partial charge in [-0.2, -0.15) is 0 Å². The van der Waals surface area contributed by atoms with Crippen LogP contribution in [0.3, 0.4) is 0 Å². The molecule has 0 radical (unpaired) electrons. The lowest BCUT2D eigenvalue weighted by Crippen LogP contribution is -2.38. The Kier molecular flexibility index (Phi) is 6.05. The lowest BCUT2D eigenvalue weighted by molar-refractivity contribution is -0.149. The number of carboxylic acids is 1. The zero-order chi connectivity index (χ0) is 16.3. The number of hydrogen-bond donors (Lipinski definition) is 1. The van der Waals surface area contributed by atoms with Crippen LogP contribution in [0.1, 0.15) is 32.4 Å². The molecule has 0 aliphatic heterocycles. The van der Waals surface area contributed by atoms with Crippen LogP contribution in [0, 0.1) is 11.8 Å². The van der Waals surface area contributed by atoms with Crippen LogP contribution in [0.15, 0.2) is 18.2 Å². The maximum Gasteiger partial charge on any atom is 0.307 e. The van der Waals surface area contributed by atoms with Crippen LogP contribution in [-0.2, 0) is 9.59 Å². The Morgan fingerprint density at radius 3 is 2.19 bits per heavy atom. The number of nitrogens with zero attached hydrogens (tertiary/aromatic N) is 1. The van der Waals surface area contributed by atoms with Gasteiger partial charge in [-0.25, -0.2) is 0 Å². The van der Waals surface area contributed by atoms with E-state index in [9.17, 15) is 9.59 Å². The summed E-state index contributed by atoms with van der Waals surface area (Å²) in [5, 5.41) is 10.0. The molecule has 0 spiro atoms. The van der Waals surface area contributed by atoms with Gasteiger partial charge in [0.1, 0.15) is 0 Å². The number of carbonyl (C=O) groups is 2. The third kappa shape index (κ3) is 4.11. The minimum Gasteiger partial charge on any atom is -0.481 e. The summed E-state index contributed by atoms with van der Waals surface area (Å²) in [6.45, 7) is 4.98. The molecule has 0 saturated heterocycles. The topological polar surface area (TPSA) is 57.6 Å². The second-order valence-corrected chi connectivity index (χ2v) is 6.05. The van der Waals surface area contributed by atoms with E-state index in [0.717, 1.165) is 5.56 Å². The average molecular weight is 332 g/mol. The molecular weight excluding hydrogens is 313 g/mol. The third-order valence-electron chi connectivity index (χ3n) is 3.87. The predicted octanol–water partition coefficient (Wildman–Crippen LogP) is 3.87. The van der Waals surface area contributed by atoms with Crippen molar-refractivity contribution in [1.82, 2.24) is 4.90 Å². The fourth-order valence-corrected chi connectivity index (χ4v) is 2.56. The van der Waals surface area contributed by atoms with E-state index in [2.05, 4.69) is 0 Å². The first-order valence-corrected chi connectivity index (χ1v) is 7.36. The van der Waals surface area contributed by atoms with Crippen LogP contribution in [0.5, 0.6) is 0 Å². The molecule has 3 atom stereocenters. The first kappa shape index (κ1) is 17.8. The molecule has 4 nitrogen and oxygen atoms in total. The van der Waals surface area contributed by atoms with Crippen molar-refractivity contribution in [2.24, 2.45) is 11.8 Å². The second kappa shape index (κ2) is 7.14. The summed E-state index contributed by atoms with van der Waals surface area (Å²) in [5.74, 6) is -2.57. The van der Waals surface area contributed by atoms with Crippen molar-refractivity contribution in [2.45, 2.75) is 26.8 Å². The van der Waals surface area contributed by atoms with Gasteiger partial charge in [-0.15, -0.1) is 0 Å². The number of hydrogen-bond acceptors (Lipinski definition) is 2. The SMILES string of the molecule is CC(C(=O)O)C(C)C(=O)N(C)C(C)c1ccc(Cl)cc1Cl. The van der Waals surface area contributed by atoms with Crippen molar-refractivity contribution in [3.05, 3.63) is 33.8 Å². The van der Waals surface area contributed by atoms with Gasteiger partial charge in [0.25, 0.3) is 0 Å². The molecule has 116 valence electrons. The van der Waals surface area contributed by atoms with E-state index in [1.807, 2.05) is 6.92 Å². The standard InChI is InChI=1S/C15H19Cl2NO3/c1-8(9(2)15(20)21)14(19)18(4)10(3)12-6-5-11(16)7-13(12)17/h5-10H,1-4H3,(H,20,21). The molecule has 0 aliphatic carbocycles. The minimum atomic E-state index is -0.985. The molecule has 6 heteroatoms. The van der Waals surface area contributed by atoms with Crippen LogP contribution in [0.2, 0.25) is 10.0 Å². The predicted molar refractivity (Wildman–Crippen MR) is 83.6 cm³/mol. The average Bonchev–Trinajstić information content (AvgIpc) is 2.43. The lowest BCUT2D eigenvalue weighted by Gasteiger charge is -2.29. The van der Waals surface area contributed by atoms with E-state index in [1.54, 1.807) is 32.2 Å². The second-order valence-electron chi connectivity index (χ2n) is 5.21. The van der Waals surface area contributed by atoms with Gasteiger partial charge in [-0.05, 0) is 24.6 Å². The van der Waals surface area contributed by atoms with Gasteiger partial charge in [-0.3, -0.25) is 9.59 Å². The maximum atomic E-state index is 12.4. The van der Waals surface area contributed by atoms with Crippen LogP contribution >= 0.6 is 23.2 Å². The Balaban J connectivity index is 2.94. The Morgan fingerprint density at radius 1 is 1.14 bits per heavy atom. The molecule has 1 aromatic rings. The molecule has 0 aliphatic rings. The fourth-order valence-electron chi connectivity index (χ4n) is 1.99. The van der Waals surface area contributed by atoms with Crippen LogP contribution < -0.4 is 0 Å². The first-order valence-electron chi connectivity index (χ1n) is 6.61. The van der Waals surface area contributed by atoms with Crippen molar-refractivity contribution < 1.29 is 14.7 Å². The lowest BCUT2D eigenvalue weighted by atomic mass is 9.94. The van der Waals surface area contributed by atoms with Crippen molar-refractivity contribution >= 4 is 35.1 Å². The maximum absolute atomic E-state index is 12.4. The van der Waals surface area contributed by atoms with Crippen LogP contribution in [-0.4, -0.2) is 28.9 Å². The minimum absolute atomic E-state index is 0.233. The van der Waals surface area contributed by atoms with Gasteiger partial charge < -0.3 is 10.0 Å². The fraction of sp³-hybridized carbons (Fsp3) is 0.467. The first-order chi connectivity index (χ1) is 9.66. The van der Waals surface area contributed by atoms with E-state index < -0.39 is 17.8 Å². The zero-order valence-electron chi connectivity index (χ0n) is 12.4. The summed E-state index contributed by atoms with van der Waals surface area (Å²) in [6, 6.07) is 4.83. The van der Waals surface area contributed by atoms with Gasteiger partial charge in [0.05, 0.1) is 12.0 Å². The van der Waals surface area contributed by atoms with E-state index >= 15 is 0 Å². The molecule has 0 aromatic heterocycles. The Labute approximate surface area is 134 Å². The Morgan fingerprint density at radius 2 is 1.71 bits per heavy atom. The summed E-state index contributed by atoms with van der Waals surface area (Å²) in [5.41, 5.74) is 0.770. The van der Waals surface area contributed by atoms with Gasteiger partial charge in [0.2, 0.25) is 5.91 Å².